The van der Waals surface area contributed by atoms with Gasteiger partial charge in [-0.2, -0.15) is 0 Å². The van der Waals surface area contributed by atoms with Crippen molar-refractivity contribution in [1.82, 2.24) is 4.57 Å². The van der Waals surface area contributed by atoms with Crippen LogP contribution < -0.4 is 10.2 Å². The van der Waals surface area contributed by atoms with Gasteiger partial charge in [-0.15, -0.1) is 0 Å². The van der Waals surface area contributed by atoms with Crippen LogP contribution >= 0.6 is 0 Å². The standard InChI is InChI=1S/C11H19NO2Si/c1-9-11(14-8-15(3,4)5)10(13)6-7-12(9)2/h6-7H,8H2,1-5H3. The minimum atomic E-state index is -1.27. The summed E-state index contributed by atoms with van der Waals surface area (Å²) >= 11 is 0. The van der Waals surface area contributed by atoms with Crippen LogP contribution in [0.5, 0.6) is 5.75 Å². The van der Waals surface area contributed by atoms with E-state index in [0.717, 1.165) is 5.69 Å². The molecular weight excluding hydrogens is 206 g/mol. The van der Waals surface area contributed by atoms with Crippen molar-refractivity contribution in [1.29, 1.82) is 0 Å². The summed E-state index contributed by atoms with van der Waals surface area (Å²) in [5.41, 5.74) is 0.865. The third-order valence-corrected chi connectivity index (χ3v) is 3.19. The quantitative estimate of drug-likeness (QED) is 0.736. The average molecular weight is 225 g/mol. The van der Waals surface area contributed by atoms with E-state index in [9.17, 15) is 4.79 Å². The van der Waals surface area contributed by atoms with E-state index in [4.69, 9.17) is 4.74 Å². The first-order valence-corrected chi connectivity index (χ1v) is 8.81. The Morgan fingerprint density at radius 1 is 1.40 bits per heavy atom. The molecular formula is C11H19NO2Si. The molecule has 1 aromatic rings. The Bertz CT molecular complexity index is 404. The molecule has 0 saturated carbocycles. The van der Waals surface area contributed by atoms with Crippen LogP contribution in [-0.4, -0.2) is 18.9 Å². The lowest BCUT2D eigenvalue weighted by atomic mass is 10.3. The van der Waals surface area contributed by atoms with Gasteiger partial charge in [0.1, 0.15) is 0 Å². The van der Waals surface area contributed by atoms with E-state index >= 15 is 0 Å². The molecule has 4 heteroatoms. The van der Waals surface area contributed by atoms with E-state index in [0.29, 0.717) is 12.0 Å². The first-order valence-electron chi connectivity index (χ1n) is 5.10. The third kappa shape index (κ3) is 3.23. The van der Waals surface area contributed by atoms with Crippen molar-refractivity contribution in [2.24, 2.45) is 7.05 Å². The molecule has 0 saturated heterocycles. The summed E-state index contributed by atoms with van der Waals surface area (Å²) in [7, 11) is 0.639. The summed E-state index contributed by atoms with van der Waals surface area (Å²) in [6.45, 7) is 8.56. The van der Waals surface area contributed by atoms with Gasteiger partial charge in [-0.1, -0.05) is 19.6 Å². The van der Waals surface area contributed by atoms with E-state index in [1.807, 2.05) is 18.5 Å². The van der Waals surface area contributed by atoms with Gasteiger partial charge in [0.15, 0.2) is 5.75 Å². The Labute approximate surface area is 91.7 Å². The molecule has 0 atom stereocenters. The number of pyridine rings is 1. The number of hydrogen-bond donors (Lipinski definition) is 0. The van der Waals surface area contributed by atoms with Crippen LogP contribution in [0.1, 0.15) is 5.69 Å². The molecule has 0 aliphatic carbocycles. The molecule has 1 aromatic heterocycles. The molecule has 0 spiro atoms. The molecule has 0 unspecified atom stereocenters. The molecule has 0 N–H and O–H groups in total. The highest BCUT2D eigenvalue weighted by molar-refractivity contribution is 6.76. The first kappa shape index (κ1) is 12.0. The summed E-state index contributed by atoms with van der Waals surface area (Å²) < 4.78 is 7.54. The molecule has 0 amide bonds. The number of rotatable bonds is 3. The normalized spacial score (nSPS) is 11.5. The highest BCUT2D eigenvalue weighted by atomic mass is 28.3. The lowest BCUT2D eigenvalue weighted by Crippen LogP contribution is -2.31. The monoisotopic (exact) mass is 225 g/mol. The lowest BCUT2D eigenvalue weighted by molar-refractivity contribution is 0.367. The Balaban J connectivity index is 2.95. The van der Waals surface area contributed by atoms with E-state index in [1.54, 1.807) is 12.3 Å². The van der Waals surface area contributed by atoms with E-state index in [-0.39, 0.29) is 5.43 Å². The Morgan fingerprint density at radius 3 is 2.53 bits per heavy atom. The van der Waals surface area contributed by atoms with Gasteiger partial charge in [-0.05, 0) is 6.92 Å². The van der Waals surface area contributed by atoms with Crippen molar-refractivity contribution in [2.75, 3.05) is 6.23 Å². The van der Waals surface area contributed by atoms with Gasteiger partial charge in [0.25, 0.3) is 0 Å². The maximum Gasteiger partial charge on any atom is 0.223 e. The van der Waals surface area contributed by atoms with Crippen molar-refractivity contribution in [3.05, 3.63) is 28.2 Å². The van der Waals surface area contributed by atoms with Gasteiger partial charge in [0, 0.05) is 19.3 Å². The van der Waals surface area contributed by atoms with Crippen LogP contribution in [0.2, 0.25) is 19.6 Å². The second-order valence-corrected chi connectivity index (χ2v) is 10.5. The van der Waals surface area contributed by atoms with Crippen LogP contribution in [-0.2, 0) is 7.05 Å². The molecule has 0 aromatic carbocycles. The highest BCUT2D eigenvalue weighted by Crippen LogP contribution is 2.12. The Hall–Kier alpha value is -1.03. The van der Waals surface area contributed by atoms with Crippen molar-refractivity contribution < 1.29 is 4.74 Å². The van der Waals surface area contributed by atoms with Gasteiger partial charge < -0.3 is 9.30 Å². The molecule has 3 nitrogen and oxygen atoms in total. The van der Waals surface area contributed by atoms with E-state index < -0.39 is 8.07 Å². The van der Waals surface area contributed by atoms with E-state index in [2.05, 4.69) is 19.6 Å². The number of hydrogen-bond acceptors (Lipinski definition) is 2. The Kier molecular flexibility index (Phi) is 3.39. The fraction of sp³-hybridized carbons (Fsp3) is 0.545. The molecule has 1 rings (SSSR count). The zero-order valence-corrected chi connectivity index (χ0v) is 11.1. The lowest BCUT2D eigenvalue weighted by Gasteiger charge is -2.18. The van der Waals surface area contributed by atoms with Crippen molar-refractivity contribution >= 4 is 8.07 Å². The Morgan fingerprint density at radius 2 is 2.00 bits per heavy atom. The largest absolute Gasteiger partial charge is 0.491 e. The minimum Gasteiger partial charge on any atom is -0.491 e. The number of aryl methyl sites for hydroxylation is 1. The zero-order chi connectivity index (χ0) is 11.6. The summed E-state index contributed by atoms with van der Waals surface area (Å²) in [5.74, 6) is 0.502. The van der Waals surface area contributed by atoms with Crippen LogP contribution in [0.25, 0.3) is 0 Å². The molecule has 0 aliphatic heterocycles. The van der Waals surface area contributed by atoms with Gasteiger partial charge in [-0.25, -0.2) is 0 Å². The smallest absolute Gasteiger partial charge is 0.223 e. The predicted octanol–water partition coefficient (Wildman–Crippen LogP) is 1.95. The number of aromatic nitrogens is 1. The molecule has 0 radical (unpaired) electrons. The van der Waals surface area contributed by atoms with Gasteiger partial charge >= 0.3 is 0 Å². The fourth-order valence-electron chi connectivity index (χ4n) is 1.17. The molecule has 0 bridgehead atoms. The highest BCUT2D eigenvalue weighted by Gasteiger charge is 2.16. The first-order chi connectivity index (χ1) is 6.81. The summed E-state index contributed by atoms with van der Waals surface area (Å²) in [6, 6.07) is 1.55. The molecule has 0 aliphatic rings. The maximum absolute atomic E-state index is 11.6. The van der Waals surface area contributed by atoms with Crippen molar-refractivity contribution in [3.63, 3.8) is 0 Å². The van der Waals surface area contributed by atoms with Crippen molar-refractivity contribution in [3.8, 4) is 5.75 Å². The number of nitrogens with zero attached hydrogens (tertiary/aromatic N) is 1. The van der Waals surface area contributed by atoms with Gasteiger partial charge in [-0.3, -0.25) is 4.79 Å². The van der Waals surface area contributed by atoms with Gasteiger partial charge in [0.2, 0.25) is 5.43 Å². The maximum atomic E-state index is 11.6. The predicted molar refractivity (Wildman–Crippen MR) is 65.3 cm³/mol. The summed E-state index contributed by atoms with van der Waals surface area (Å²) in [4.78, 5) is 11.6. The average Bonchev–Trinajstić information content (AvgIpc) is 2.10. The summed E-state index contributed by atoms with van der Waals surface area (Å²) in [6.07, 6.45) is 2.45. The topological polar surface area (TPSA) is 31.2 Å². The second-order valence-electron chi connectivity index (χ2n) is 5.05. The zero-order valence-electron chi connectivity index (χ0n) is 10.1. The fourth-order valence-corrected chi connectivity index (χ4v) is 1.75. The van der Waals surface area contributed by atoms with Crippen molar-refractivity contribution in [2.45, 2.75) is 26.6 Å². The van der Waals surface area contributed by atoms with Crippen LogP contribution in [0, 0.1) is 6.92 Å². The second kappa shape index (κ2) is 4.22. The molecule has 84 valence electrons. The molecule has 1 heterocycles. The third-order valence-electron chi connectivity index (χ3n) is 2.18. The SMILES string of the molecule is Cc1c(OC[Si](C)(C)C)c(=O)ccn1C. The molecule has 15 heavy (non-hydrogen) atoms. The molecule has 0 fully saturated rings. The van der Waals surface area contributed by atoms with Crippen LogP contribution in [0.15, 0.2) is 17.1 Å². The van der Waals surface area contributed by atoms with Crippen LogP contribution in [0.3, 0.4) is 0 Å². The minimum absolute atomic E-state index is 0.0242. The number of ether oxygens (including phenoxy) is 1. The van der Waals surface area contributed by atoms with Gasteiger partial charge in [0.05, 0.1) is 20.0 Å². The van der Waals surface area contributed by atoms with E-state index in [1.165, 1.54) is 0 Å². The van der Waals surface area contributed by atoms with Crippen LogP contribution in [0.4, 0.5) is 0 Å². The summed E-state index contributed by atoms with van der Waals surface area (Å²) in [5, 5.41) is 0.